The molecular weight excluding hydrogens is 296 g/mol. The minimum Gasteiger partial charge on any atom is -0.349 e. The van der Waals surface area contributed by atoms with Gasteiger partial charge in [0.1, 0.15) is 0 Å². The Hall–Kier alpha value is -1.06. The fraction of sp³-hybridized carbons (Fsp3) is 0.611. The number of rotatable bonds is 6. The lowest BCUT2D eigenvalue weighted by Crippen LogP contribution is -2.53. The minimum absolute atomic E-state index is 0. The second-order valence-electron chi connectivity index (χ2n) is 6.23. The Morgan fingerprint density at radius 3 is 2.41 bits per heavy atom. The Morgan fingerprint density at radius 2 is 1.82 bits per heavy atom. The van der Waals surface area contributed by atoms with E-state index in [0.29, 0.717) is 13.0 Å². The third-order valence-corrected chi connectivity index (χ3v) is 4.93. The largest absolute Gasteiger partial charge is 0.349 e. The highest BCUT2D eigenvalue weighted by Crippen LogP contribution is 2.22. The summed E-state index contributed by atoms with van der Waals surface area (Å²) in [6.07, 6.45) is 7.09. The van der Waals surface area contributed by atoms with Crippen LogP contribution in [-0.2, 0) is 24.1 Å². The fourth-order valence-corrected chi connectivity index (χ4v) is 3.19. The summed E-state index contributed by atoms with van der Waals surface area (Å²) in [5.74, 6) is 0.0832. The maximum Gasteiger partial charge on any atom is 0.224 e. The van der Waals surface area contributed by atoms with Crippen LogP contribution in [0.1, 0.15) is 56.2 Å². The quantitative estimate of drug-likeness (QED) is 0.844. The van der Waals surface area contributed by atoms with Gasteiger partial charge >= 0.3 is 0 Å². The lowest BCUT2D eigenvalue weighted by molar-refractivity contribution is -0.122. The predicted octanol–water partition coefficient (Wildman–Crippen LogP) is 3.16. The van der Waals surface area contributed by atoms with Crippen LogP contribution in [0.25, 0.3) is 0 Å². The molecule has 4 heteroatoms. The number of nitrogens with two attached hydrogens (primary N) is 1. The molecule has 1 aliphatic rings. The van der Waals surface area contributed by atoms with Gasteiger partial charge in [0.2, 0.25) is 5.91 Å². The maximum absolute atomic E-state index is 12.3. The molecule has 1 aromatic rings. The standard InChI is InChI=1S/C18H28N2O.ClH/c1-3-18(4-2,13-19)20-17(21)12-14-9-10-15-7-5-6-8-16(15)11-14;/h9-11H,3-8,12-13,19H2,1-2H3,(H,20,21);1H. The van der Waals surface area contributed by atoms with Crippen LogP contribution in [0.3, 0.4) is 0 Å². The first-order valence-corrected chi connectivity index (χ1v) is 8.24. The van der Waals surface area contributed by atoms with E-state index in [-0.39, 0.29) is 23.9 Å². The average molecular weight is 325 g/mol. The number of amides is 1. The maximum atomic E-state index is 12.3. The van der Waals surface area contributed by atoms with E-state index in [9.17, 15) is 4.79 Å². The van der Waals surface area contributed by atoms with Crippen LogP contribution in [0.5, 0.6) is 0 Å². The topological polar surface area (TPSA) is 55.1 Å². The van der Waals surface area contributed by atoms with E-state index >= 15 is 0 Å². The molecule has 3 N–H and O–H groups in total. The second kappa shape index (κ2) is 8.54. The summed E-state index contributed by atoms with van der Waals surface area (Å²) in [6, 6.07) is 6.52. The Kier molecular flexibility index (Phi) is 7.37. The van der Waals surface area contributed by atoms with Crippen molar-refractivity contribution in [2.45, 2.75) is 64.3 Å². The van der Waals surface area contributed by atoms with Crippen molar-refractivity contribution in [3.8, 4) is 0 Å². The number of hydrogen-bond acceptors (Lipinski definition) is 2. The second-order valence-corrected chi connectivity index (χ2v) is 6.23. The predicted molar refractivity (Wildman–Crippen MR) is 94.5 cm³/mol. The molecule has 124 valence electrons. The SMILES string of the molecule is CCC(CC)(CN)NC(=O)Cc1ccc2c(c1)CCCC2.Cl. The molecule has 0 aliphatic heterocycles. The lowest BCUT2D eigenvalue weighted by Gasteiger charge is -2.31. The molecule has 3 nitrogen and oxygen atoms in total. The van der Waals surface area contributed by atoms with Gasteiger partial charge in [-0.1, -0.05) is 32.0 Å². The van der Waals surface area contributed by atoms with Gasteiger partial charge in [0.15, 0.2) is 0 Å². The highest BCUT2D eigenvalue weighted by molar-refractivity contribution is 5.85. The average Bonchev–Trinajstić information content (AvgIpc) is 2.52. The van der Waals surface area contributed by atoms with Crippen LogP contribution in [0.15, 0.2) is 18.2 Å². The first-order chi connectivity index (χ1) is 10.1. The first-order valence-electron chi connectivity index (χ1n) is 8.24. The Morgan fingerprint density at radius 1 is 1.18 bits per heavy atom. The highest BCUT2D eigenvalue weighted by atomic mass is 35.5. The van der Waals surface area contributed by atoms with E-state index in [1.165, 1.54) is 30.4 Å². The third-order valence-electron chi connectivity index (χ3n) is 4.93. The molecule has 1 amide bonds. The molecule has 0 saturated heterocycles. The first kappa shape index (κ1) is 19.0. The van der Waals surface area contributed by atoms with Crippen LogP contribution < -0.4 is 11.1 Å². The van der Waals surface area contributed by atoms with Crippen molar-refractivity contribution in [3.05, 3.63) is 34.9 Å². The van der Waals surface area contributed by atoms with E-state index in [0.717, 1.165) is 24.8 Å². The zero-order valence-electron chi connectivity index (χ0n) is 13.8. The van der Waals surface area contributed by atoms with Crippen LogP contribution in [0.2, 0.25) is 0 Å². The van der Waals surface area contributed by atoms with E-state index in [2.05, 4.69) is 37.4 Å². The van der Waals surface area contributed by atoms with Crippen LogP contribution in [-0.4, -0.2) is 18.0 Å². The van der Waals surface area contributed by atoms with Crippen LogP contribution in [0, 0.1) is 0 Å². The van der Waals surface area contributed by atoms with Gasteiger partial charge in [0.05, 0.1) is 12.0 Å². The van der Waals surface area contributed by atoms with Gasteiger partial charge in [-0.3, -0.25) is 4.79 Å². The van der Waals surface area contributed by atoms with Gasteiger partial charge in [0.25, 0.3) is 0 Å². The summed E-state index contributed by atoms with van der Waals surface area (Å²) in [5.41, 5.74) is 9.61. The molecule has 0 unspecified atom stereocenters. The Balaban J connectivity index is 0.00000242. The number of nitrogens with one attached hydrogen (secondary N) is 1. The third kappa shape index (κ3) is 4.47. The molecule has 2 rings (SSSR count). The molecule has 0 bridgehead atoms. The van der Waals surface area contributed by atoms with Gasteiger partial charge in [-0.2, -0.15) is 0 Å². The van der Waals surface area contributed by atoms with E-state index in [1.807, 2.05) is 0 Å². The summed E-state index contributed by atoms with van der Waals surface area (Å²) in [6.45, 7) is 4.65. The summed E-state index contributed by atoms with van der Waals surface area (Å²) in [7, 11) is 0. The van der Waals surface area contributed by atoms with Gasteiger partial charge in [0, 0.05) is 6.54 Å². The Bertz CT molecular complexity index is 490. The number of fused-ring (bicyclic) bond motifs is 1. The zero-order valence-corrected chi connectivity index (χ0v) is 14.6. The number of carbonyl (C=O) groups excluding carboxylic acids is 1. The molecule has 0 atom stereocenters. The van der Waals surface area contributed by atoms with Crippen molar-refractivity contribution in [2.75, 3.05) is 6.54 Å². The molecule has 0 spiro atoms. The van der Waals surface area contributed by atoms with E-state index in [1.54, 1.807) is 0 Å². The molecule has 0 heterocycles. The number of halogens is 1. The smallest absolute Gasteiger partial charge is 0.224 e. The van der Waals surface area contributed by atoms with Crippen molar-refractivity contribution < 1.29 is 4.79 Å². The van der Waals surface area contributed by atoms with Crippen molar-refractivity contribution in [1.82, 2.24) is 5.32 Å². The summed E-state index contributed by atoms with van der Waals surface area (Å²) >= 11 is 0. The van der Waals surface area contributed by atoms with E-state index < -0.39 is 0 Å². The summed E-state index contributed by atoms with van der Waals surface area (Å²) in [4.78, 5) is 12.3. The van der Waals surface area contributed by atoms with Gasteiger partial charge in [-0.05, 0) is 55.2 Å². The molecule has 1 aliphatic carbocycles. The molecule has 0 radical (unpaired) electrons. The molecule has 0 aromatic heterocycles. The molecule has 0 saturated carbocycles. The van der Waals surface area contributed by atoms with Crippen LogP contribution in [0.4, 0.5) is 0 Å². The summed E-state index contributed by atoms with van der Waals surface area (Å²) in [5, 5.41) is 3.14. The summed E-state index contributed by atoms with van der Waals surface area (Å²) < 4.78 is 0. The van der Waals surface area contributed by atoms with Gasteiger partial charge in [-0.25, -0.2) is 0 Å². The molecular formula is C18H29ClN2O. The molecule has 0 fully saturated rings. The number of benzene rings is 1. The van der Waals surface area contributed by atoms with E-state index in [4.69, 9.17) is 5.73 Å². The highest BCUT2D eigenvalue weighted by Gasteiger charge is 2.26. The molecule has 22 heavy (non-hydrogen) atoms. The number of aryl methyl sites for hydroxylation is 2. The zero-order chi connectivity index (χ0) is 15.3. The Labute approximate surface area is 140 Å². The van der Waals surface area contributed by atoms with Crippen molar-refractivity contribution in [2.24, 2.45) is 5.73 Å². The number of hydrogen-bond donors (Lipinski definition) is 2. The normalized spacial score (nSPS) is 14.0. The fourth-order valence-electron chi connectivity index (χ4n) is 3.19. The van der Waals surface area contributed by atoms with Gasteiger partial charge in [-0.15, -0.1) is 12.4 Å². The van der Waals surface area contributed by atoms with Gasteiger partial charge < -0.3 is 11.1 Å². The number of carbonyl (C=O) groups is 1. The lowest BCUT2D eigenvalue weighted by atomic mass is 9.89. The van der Waals surface area contributed by atoms with Crippen molar-refractivity contribution in [3.63, 3.8) is 0 Å². The van der Waals surface area contributed by atoms with Crippen molar-refractivity contribution in [1.29, 1.82) is 0 Å². The van der Waals surface area contributed by atoms with Crippen LogP contribution >= 0.6 is 12.4 Å². The molecule has 1 aromatic carbocycles. The van der Waals surface area contributed by atoms with Crippen molar-refractivity contribution >= 4 is 18.3 Å². The monoisotopic (exact) mass is 324 g/mol. The minimum atomic E-state index is -0.245.